The molecule has 5 unspecified atom stereocenters. The highest BCUT2D eigenvalue weighted by Crippen LogP contribution is 2.70. The minimum atomic E-state index is 0.0970. The summed E-state index contributed by atoms with van der Waals surface area (Å²) < 4.78 is 2.47. The van der Waals surface area contributed by atoms with Crippen molar-refractivity contribution in [2.75, 3.05) is 4.90 Å². The van der Waals surface area contributed by atoms with Crippen molar-refractivity contribution < 1.29 is 0 Å². The number of benzene rings is 7. The number of aromatic nitrogens is 1. The maximum Gasteiger partial charge on any atom is 0.0561 e. The lowest BCUT2D eigenvalue weighted by molar-refractivity contribution is 0.106. The van der Waals surface area contributed by atoms with Gasteiger partial charge >= 0.3 is 0 Å². The zero-order valence-electron chi connectivity index (χ0n) is 33.6. The Morgan fingerprint density at radius 3 is 1.95 bits per heavy atom. The molecular formula is C57H48N2. The fraction of sp³-hybridized carbons (Fsp3) is 0.263. The SMILES string of the molecule is c1ccc(-n2c3ccccc3c3ccc(N(c4ccc5c(c4)-c4ccccc4C54C5CCC6CC4CC6C5)c4ccc5c(c4)C4(CCCC4)c4ccccc4-5)cc32)cc1. The Kier molecular flexibility index (Phi) is 6.65. The van der Waals surface area contributed by atoms with Crippen LogP contribution in [-0.2, 0) is 10.8 Å². The Hall–Kier alpha value is -5.86. The fourth-order valence-electron chi connectivity index (χ4n) is 14.7. The maximum absolute atomic E-state index is 2.60. The molecule has 1 heterocycles. The van der Waals surface area contributed by atoms with Crippen molar-refractivity contribution in [2.45, 2.75) is 68.6 Å². The summed E-state index contributed by atoms with van der Waals surface area (Å²) in [6.45, 7) is 0. The average Bonchev–Trinajstić information content (AvgIpc) is 4.09. The molecule has 0 aliphatic heterocycles. The van der Waals surface area contributed by atoms with Crippen LogP contribution in [0.15, 0.2) is 158 Å². The van der Waals surface area contributed by atoms with Crippen LogP contribution in [0, 0.1) is 23.7 Å². The zero-order chi connectivity index (χ0) is 38.5. The van der Waals surface area contributed by atoms with Gasteiger partial charge < -0.3 is 9.47 Å². The third-order valence-corrected chi connectivity index (χ3v) is 16.9. The van der Waals surface area contributed by atoms with Crippen LogP contribution in [0.25, 0.3) is 49.7 Å². The van der Waals surface area contributed by atoms with Crippen LogP contribution in [0.1, 0.15) is 80.0 Å². The van der Waals surface area contributed by atoms with Crippen LogP contribution >= 0.6 is 0 Å². The van der Waals surface area contributed by atoms with E-state index in [4.69, 9.17) is 0 Å². The summed E-state index contributed by atoms with van der Waals surface area (Å²) in [6.07, 6.45) is 12.1. The van der Waals surface area contributed by atoms with E-state index < -0.39 is 0 Å². The number of hydrogen-bond acceptors (Lipinski definition) is 1. The lowest BCUT2D eigenvalue weighted by atomic mass is 9.54. The molecule has 59 heavy (non-hydrogen) atoms. The first-order valence-corrected chi connectivity index (χ1v) is 22.6. The molecule has 2 nitrogen and oxygen atoms in total. The van der Waals surface area contributed by atoms with Gasteiger partial charge in [-0.05, 0) is 168 Å². The van der Waals surface area contributed by atoms with Gasteiger partial charge in [0.25, 0.3) is 0 Å². The monoisotopic (exact) mass is 760 g/mol. The van der Waals surface area contributed by atoms with Crippen LogP contribution < -0.4 is 4.90 Å². The summed E-state index contributed by atoms with van der Waals surface area (Å²) in [5, 5.41) is 2.58. The van der Waals surface area contributed by atoms with Gasteiger partial charge in [-0.25, -0.2) is 0 Å². The molecule has 0 amide bonds. The van der Waals surface area contributed by atoms with Gasteiger partial charge in [0.2, 0.25) is 0 Å². The Balaban J connectivity index is 1.01. The van der Waals surface area contributed by atoms with Crippen LogP contribution in [-0.4, -0.2) is 4.57 Å². The molecule has 14 rings (SSSR count). The maximum atomic E-state index is 2.60. The number of nitrogens with zero attached hydrogens (tertiary/aromatic N) is 2. The van der Waals surface area contributed by atoms with Gasteiger partial charge in [0, 0.05) is 44.4 Å². The number of rotatable bonds is 4. The molecular weight excluding hydrogens is 713 g/mol. The molecule has 3 bridgehead atoms. The third-order valence-electron chi connectivity index (χ3n) is 16.9. The van der Waals surface area contributed by atoms with Gasteiger partial charge in [0.15, 0.2) is 0 Å². The van der Waals surface area contributed by atoms with Crippen molar-refractivity contribution >= 4 is 38.9 Å². The fourth-order valence-corrected chi connectivity index (χ4v) is 14.7. The summed E-state index contributed by atoms with van der Waals surface area (Å²) in [5.74, 6) is 3.40. The predicted molar refractivity (Wildman–Crippen MR) is 243 cm³/mol. The van der Waals surface area contributed by atoms with Gasteiger partial charge in [-0.3, -0.25) is 0 Å². The third kappa shape index (κ3) is 4.22. The Morgan fingerprint density at radius 1 is 0.441 bits per heavy atom. The van der Waals surface area contributed by atoms with Crippen LogP contribution in [0.4, 0.5) is 17.1 Å². The van der Waals surface area contributed by atoms with Crippen LogP contribution in [0.2, 0.25) is 0 Å². The lowest BCUT2D eigenvalue weighted by Gasteiger charge is -2.49. The molecule has 2 heteroatoms. The first kappa shape index (κ1) is 33.0. The van der Waals surface area contributed by atoms with Crippen molar-refractivity contribution in [3.05, 3.63) is 180 Å². The molecule has 286 valence electrons. The molecule has 0 N–H and O–H groups in total. The van der Waals surface area contributed by atoms with Gasteiger partial charge in [-0.1, -0.05) is 116 Å². The molecule has 8 aromatic rings. The van der Waals surface area contributed by atoms with E-state index in [1.807, 2.05) is 0 Å². The summed E-state index contributed by atoms with van der Waals surface area (Å²) >= 11 is 0. The summed E-state index contributed by atoms with van der Waals surface area (Å²) in [4.78, 5) is 2.60. The van der Waals surface area contributed by atoms with Crippen molar-refractivity contribution in [2.24, 2.45) is 23.7 Å². The molecule has 0 radical (unpaired) electrons. The first-order chi connectivity index (χ1) is 29.2. The number of fused-ring (bicyclic) bond motifs is 17. The highest BCUT2D eigenvalue weighted by atomic mass is 15.1. The smallest absolute Gasteiger partial charge is 0.0561 e. The van der Waals surface area contributed by atoms with E-state index in [1.54, 1.807) is 16.7 Å². The molecule has 4 fully saturated rings. The van der Waals surface area contributed by atoms with Crippen molar-refractivity contribution in [1.82, 2.24) is 4.57 Å². The number of para-hydroxylation sites is 2. The second-order valence-corrected chi connectivity index (χ2v) is 19.1. The summed E-state index contributed by atoms with van der Waals surface area (Å²) in [6, 6.07) is 61.1. The minimum Gasteiger partial charge on any atom is -0.310 e. The topological polar surface area (TPSA) is 8.17 Å². The first-order valence-electron chi connectivity index (χ1n) is 22.6. The molecule has 0 saturated heterocycles. The minimum absolute atomic E-state index is 0.0970. The quantitative estimate of drug-likeness (QED) is 0.173. The van der Waals surface area contributed by atoms with E-state index in [0.29, 0.717) is 0 Å². The zero-order valence-corrected chi connectivity index (χ0v) is 33.6. The molecule has 6 aliphatic carbocycles. The van der Waals surface area contributed by atoms with E-state index in [2.05, 4.69) is 167 Å². The van der Waals surface area contributed by atoms with Crippen molar-refractivity contribution in [1.29, 1.82) is 0 Å². The van der Waals surface area contributed by atoms with E-state index in [0.717, 1.165) is 23.7 Å². The molecule has 7 aromatic carbocycles. The van der Waals surface area contributed by atoms with E-state index >= 15 is 0 Å². The van der Waals surface area contributed by atoms with E-state index in [9.17, 15) is 0 Å². The molecule has 2 spiro atoms. The van der Waals surface area contributed by atoms with Gasteiger partial charge in [0.05, 0.1) is 11.0 Å². The molecule has 6 aliphatic rings. The second kappa shape index (κ2) is 11.9. The Morgan fingerprint density at radius 2 is 1.07 bits per heavy atom. The second-order valence-electron chi connectivity index (χ2n) is 19.1. The Labute approximate surface area is 347 Å². The van der Waals surface area contributed by atoms with Crippen molar-refractivity contribution in [3.63, 3.8) is 0 Å². The normalized spacial score (nSPS) is 24.9. The number of anilines is 3. The predicted octanol–water partition coefficient (Wildman–Crippen LogP) is 14.8. The summed E-state index contributed by atoms with van der Waals surface area (Å²) in [7, 11) is 0. The lowest BCUT2D eigenvalue weighted by Crippen LogP contribution is -2.45. The van der Waals surface area contributed by atoms with Crippen LogP contribution in [0.3, 0.4) is 0 Å². The average molecular weight is 761 g/mol. The van der Waals surface area contributed by atoms with Crippen LogP contribution in [0.5, 0.6) is 0 Å². The Bertz CT molecular complexity index is 3030. The molecule has 1 aromatic heterocycles. The van der Waals surface area contributed by atoms with E-state index in [-0.39, 0.29) is 10.8 Å². The molecule has 5 atom stereocenters. The number of hydrogen-bond donors (Lipinski definition) is 0. The highest BCUT2D eigenvalue weighted by Gasteiger charge is 2.62. The van der Waals surface area contributed by atoms with Gasteiger partial charge in [-0.15, -0.1) is 0 Å². The van der Waals surface area contributed by atoms with Gasteiger partial charge in [-0.2, -0.15) is 0 Å². The molecule has 4 saturated carbocycles. The highest BCUT2D eigenvalue weighted by molar-refractivity contribution is 6.10. The standard InChI is InChI=1S/C57H48N2/c1-2-12-40(13-3-1)59-54-19-9-6-16-47(54)48-26-23-43(35-55(48)59)58(42-22-25-46-44-14-4-7-17-50(44)56(53(46)34-42)28-10-11-29-56)41-24-27-52-49(33-41)45-15-5-8-18-51(45)57(52)38-21-20-36-30-39(57)32-37(36)31-38/h1-9,12-19,22-27,33-39H,10-11,20-21,28-32H2. The van der Waals surface area contributed by atoms with Crippen molar-refractivity contribution in [3.8, 4) is 27.9 Å². The summed E-state index contributed by atoms with van der Waals surface area (Å²) in [5.41, 5.74) is 19.7. The van der Waals surface area contributed by atoms with Gasteiger partial charge in [0.1, 0.15) is 0 Å². The largest absolute Gasteiger partial charge is 0.310 e. The van der Waals surface area contributed by atoms with E-state index in [1.165, 1.54) is 130 Å².